The Kier molecular flexibility index (Phi) is 2.21. The molecule has 4 heteroatoms. The molecule has 2 nitrogen and oxygen atoms in total. The molecule has 0 fully saturated rings. The zero-order chi connectivity index (χ0) is 10.1. The van der Waals surface area contributed by atoms with E-state index in [1.165, 1.54) is 6.26 Å². The smallest absolute Gasteiger partial charge is 0.169 e. The number of nitrogens with two attached hydrogens (primary N) is 1. The summed E-state index contributed by atoms with van der Waals surface area (Å²) in [5.41, 5.74) is 5.84. The summed E-state index contributed by atoms with van der Waals surface area (Å²) in [4.78, 5) is 0. The van der Waals surface area contributed by atoms with Crippen molar-refractivity contribution >= 4 is 11.0 Å². The third-order valence-electron chi connectivity index (χ3n) is 2.14. The van der Waals surface area contributed by atoms with E-state index >= 15 is 0 Å². The Hall–Kier alpha value is -1.42. The highest BCUT2D eigenvalue weighted by Gasteiger charge is 2.13. The summed E-state index contributed by atoms with van der Waals surface area (Å²) in [5.74, 6) is -1.25. The lowest BCUT2D eigenvalue weighted by Crippen LogP contribution is -2.05. The van der Waals surface area contributed by atoms with Crippen LogP contribution in [0.2, 0.25) is 0 Å². The number of benzene rings is 1. The number of hydrogen-bond acceptors (Lipinski definition) is 2. The van der Waals surface area contributed by atoms with Gasteiger partial charge < -0.3 is 10.2 Å². The molecule has 2 rings (SSSR count). The van der Waals surface area contributed by atoms with Crippen LogP contribution in [0.25, 0.3) is 11.0 Å². The predicted octanol–water partition coefficient (Wildman–Crippen LogP) is 2.21. The monoisotopic (exact) mass is 197 g/mol. The Bertz CT molecular complexity index is 464. The Labute approximate surface area is 79.3 Å². The van der Waals surface area contributed by atoms with E-state index in [1.54, 1.807) is 6.07 Å². The third kappa shape index (κ3) is 1.28. The van der Waals surface area contributed by atoms with E-state index in [1.807, 2.05) is 0 Å². The van der Waals surface area contributed by atoms with Crippen molar-refractivity contribution < 1.29 is 13.2 Å². The highest BCUT2D eigenvalue weighted by atomic mass is 19.1. The molecule has 14 heavy (non-hydrogen) atoms. The molecule has 0 aliphatic carbocycles. The average Bonchev–Trinajstić information content (AvgIpc) is 2.60. The molecule has 0 aliphatic heterocycles. The fourth-order valence-electron chi connectivity index (χ4n) is 1.52. The Morgan fingerprint density at radius 3 is 2.79 bits per heavy atom. The van der Waals surface area contributed by atoms with Gasteiger partial charge in [-0.3, -0.25) is 0 Å². The second-order valence-corrected chi connectivity index (χ2v) is 3.02. The summed E-state index contributed by atoms with van der Waals surface area (Å²) >= 11 is 0. The molecule has 0 unspecified atom stereocenters. The molecule has 2 N–H and O–H groups in total. The van der Waals surface area contributed by atoms with Gasteiger partial charge in [0.25, 0.3) is 0 Å². The molecule has 0 aliphatic rings. The molecule has 0 bridgehead atoms. The first-order valence-electron chi connectivity index (χ1n) is 4.28. The standard InChI is InChI=1S/C10H9F2NO/c11-8-5-9(12)10-7(2-4-14-10)6(8)1-3-13/h2,4-5H,1,3,13H2. The van der Waals surface area contributed by atoms with Crippen molar-refractivity contribution in [3.63, 3.8) is 0 Å². The molecule has 0 radical (unpaired) electrons. The van der Waals surface area contributed by atoms with Gasteiger partial charge in [-0.25, -0.2) is 8.78 Å². The first-order valence-corrected chi connectivity index (χ1v) is 4.28. The highest BCUT2D eigenvalue weighted by molar-refractivity contribution is 5.81. The fraction of sp³-hybridized carbons (Fsp3) is 0.200. The molecule has 0 saturated carbocycles. The van der Waals surface area contributed by atoms with Gasteiger partial charge in [0.2, 0.25) is 0 Å². The molecule has 0 atom stereocenters. The Balaban J connectivity index is 2.73. The molecule has 0 amide bonds. The number of furan rings is 1. The van der Waals surface area contributed by atoms with Gasteiger partial charge in [0.15, 0.2) is 11.4 Å². The Morgan fingerprint density at radius 2 is 2.07 bits per heavy atom. The van der Waals surface area contributed by atoms with Gasteiger partial charge in [-0.15, -0.1) is 0 Å². The second-order valence-electron chi connectivity index (χ2n) is 3.02. The van der Waals surface area contributed by atoms with Crippen LogP contribution in [0.1, 0.15) is 5.56 Å². The van der Waals surface area contributed by atoms with Crippen LogP contribution in [0.5, 0.6) is 0 Å². The molecule has 1 heterocycles. The number of fused-ring (bicyclic) bond motifs is 1. The summed E-state index contributed by atoms with van der Waals surface area (Å²) in [5, 5.41) is 0.466. The number of halogens is 2. The van der Waals surface area contributed by atoms with Gasteiger partial charge in [0.05, 0.1) is 6.26 Å². The van der Waals surface area contributed by atoms with Gasteiger partial charge in [-0.2, -0.15) is 0 Å². The fourth-order valence-corrected chi connectivity index (χ4v) is 1.52. The SMILES string of the molecule is NCCc1c(F)cc(F)c2occc12. The zero-order valence-corrected chi connectivity index (χ0v) is 7.39. The quantitative estimate of drug-likeness (QED) is 0.801. The van der Waals surface area contributed by atoms with Crippen molar-refractivity contribution in [1.82, 2.24) is 0 Å². The topological polar surface area (TPSA) is 39.2 Å². The van der Waals surface area contributed by atoms with Gasteiger partial charge in [-0.1, -0.05) is 0 Å². The van der Waals surface area contributed by atoms with Crippen LogP contribution in [0.15, 0.2) is 22.8 Å². The minimum atomic E-state index is -0.678. The van der Waals surface area contributed by atoms with Crippen LogP contribution in [-0.2, 0) is 6.42 Å². The van der Waals surface area contributed by atoms with Crippen molar-refractivity contribution in [3.05, 3.63) is 35.6 Å². The van der Waals surface area contributed by atoms with E-state index in [2.05, 4.69) is 0 Å². The summed E-state index contributed by atoms with van der Waals surface area (Å²) in [6.45, 7) is 0.322. The van der Waals surface area contributed by atoms with Crippen LogP contribution < -0.4 is 5.73 Å². The van der Waals surface area contributed by atoms with Crippen molar-refractivity contribution in [3.8, 4) is 0 Å². The molecule has 2 aromatic rings. The van der Waals surface area contributed by atoms with E-state index in [4.69, 9.17) is 10.2 Å². The van der Waals surface area contributed by atoms with Gasteiger partial charge >= 0.3 is 0 Å². The molecule has 1 aromatic carbocycles. The van der Waals surface area contributed by atoms with Crippen LogP contribution in [-0.4, -0.2) is 6.54 Å². The van der Waals surface area contributed by atoms with Crippen LogP contribution in [0, 0.1) is 11.6 Å². The number of rotatable bonds is 2. The van der Waals surface area contributed by atoms with E-state index in [-0.39, 0.29) is 5.58 Å². The molecule has 0 spiro atoms. The molecule has 74 valence electrons. The first kappa shape index (κ1) is 9.15. The second kappa shape index (κ2) is 3.38. The Morgan fingerprint density at radius 1 is 1.29 bits per heavy atom. The van der Waals surface area contributed by atoms with Crippen LogP contribution in [0.4, 0.5) is 8.78 Å². The molecule has 0 saturated heterocycles. The third-order valence-corrected chi connectivity index (χ3v) is 2.14. The lowest BCUT2D eigenvalue weighted by atomic mass is 10.1. The van der Waals surface area contributed by atoms with E-state index in [9.17, 15) is 8.78 Å². The van der Waals surface area contributed by atoms with Crippen molar-refractivity contribution in [1.29, 1.82) is 0 Å². The first-order chi connectivity index (χ1) is 6.74. The maximum absolute atomic E-state index is 13.3. The van der Waals surface area contributed by atoms with Gasteiger partial charge in [0.1, 0.15) is 5.82 Å². The maximum atomic E-state index is 13.3. The summed E-state index contributed by atoms with van der Waals surface area (Å²) in [7, 11) is 0. The maximum Gasteiger partial charge on any atom is 0.169 e. The average molecular weight is 197 g/mol. The predicted molar refractivity (Wildman–Crippen MR) is 48.9 cm³/mol. The normalized spacial score (nSPS) is 11.1. The van der Waals surface area contributed by atoms with Gasteiger partial charge in [-0.05, 0) is 19.0 Å². The van der Waals surface area contributed by atoms with Crippen LogP contribution in [0.3, 0.4) is 0 Å². The molecular formula is C10H9F2NO. The lowest BCUT2D eigenvalue weighted by molar-refractivity contribution is 0.543. The largest absolute Gasteiger partial charge is 0.461 e. The van der Waals surface area contributed by atoms with E-state index in [0.717, 1.165) is 6.07 Å². The van der Waals surface area contributed by atoms with E-state index < -0.39 is 11.6 Å². The summed E-state index contributed by atoms with van der Waals surface area (Å²) < 4.78 is 31.4. The number of hydrogen-bond donors (Lipinski definition) is 1. The zero-order valence-electron chi connectivity index (χ0n) is 7.39. The van der Waals surface area contributed by atoms with Gasteiger partial charge in [0, 0.05) is 17.0 Å². The van der Waals surface area contributed by atoms with Crippen molar-refractivity contribution in [2.45, 2.75) is 6.42 Å². The molecular weight excluding hydrogens is 188 g/mol. The minimum Gasteiger partial charge on any atom is -0.461 e. The van der Waals surface area contributed by atoms with Crippen molar-refractivity contribution in [2.24, 2.45) is 5.73 Å². The van der Waals surface area contributed by atoms with Crippen molar-refractivity contribution in [2.75, 3.05) is 6.54 Å². The minimum absolute atomic E-state index is 0.0925. The molecule has 1 aromatic heterocycles. The lowest BCUT2D eigenvalue weighted by Gasteiger charge is -2.03. The summed E-state index contributed by atoms with van der Waals surface area (Å²) in [6.07, 6.45) is 1.72. The van der Waals surface area contributed by atoms with E-state index in [0.29, 0.717) is 23.9 Å². The summed E-state index contributed by atoms with van der Waals surface area (Å²) in [6, 6.07) is 2.38. The van der Waals surface area contributed by atoms with Crippen LogP contribution >= 0.6 is 0 Å². The highest BCUT2D eigenvalue weighted by Crippen LogP contribution is 2.25.